The highest BCUT2D eigenvalue weighted by atomic mass is 16.6. The van der Waals surface area contributed by atoms with Gasteiger partial charge in [-0.05, 0) is 18.6 Å². The summed E-state index contributed by atoms with van der Waals surface area (Å²) in [5.41, 5.74) is 0.514. The van der Waals surface area contributed by atoms with Crippen LogP contribution in [0, 0.1) is 16.0 Å². The predicted octanol–water partition coefficient (Wildman–Crippen LogP) is 1.75. The first-order chi connectivity index (χ1) is 9.15. The molecule has 1 aliphatic rings. The molecular weight excluding hydrogens is 250 g/mol. The first kappa shape index (κ1) is 13.3. The molecule has 2 rings (SSSR count). The molecule has 0 bridgehead atoms. The summed E-state index contributed by atoms with van der Waals surface area (Å²) in [6, 6.07) is 5.37. The second kappa shape index (κ2) is 6.14. The molecule has 7 heteroatoms. The Kier molecular flexibility index (Phi) is 4.30. The Bertz CT molecular complexity index is 455. The zero-order valence-corrected chi connectivity index (χ0v) is 10.3. The number of nitrogens with zero attached hydrogens (tertiary/aromatic N) is 1. The fraction of sp³-hybridized carbons (Fsp3) is 0.417. The summed E-state index contributed by atoms with van der Waals surface area (Å²) in [6.07, 6.45) is 0.956. The second-order valence-electron chi connectivity index (χ2n) is 4.37. The molecule has 0 aliphatic carbocycles. The molecule has 1 atom stereocenters. The van der Waals surface area contributed by atoms with E-state index in [1.54, 1.807) is 0 Å². The molecule has 1 fully saturated rings. The fourth-order valence-corrected chi connectivity index (χ4v) is 1.82. The summed E-state index contributed by atoms with van der Waals surface area (Å²) in [4.78, 5) is 21.6. The smallest absolute Gasteiger partial charge is 0.319 e. The first-order valence-electron chi connectivity index (χ1n) is 6.02. The first-order valence-corrected chi connectivity index (χ1v) is 6.02. The summed E-state index contributed by atoms with van der Waals surface area (Å²) in [7, 11) is 0. The third-order valence-electron chi connectivity index (χ3n) is 2.91. The van der Waals surface area contributed by atoms with Crippen molar-refractivity contribution in [2.45, 2.75) is 6.42 Å². The lowest BCUT2D eigenvalue weighted by molar-refractivity contribution is -0.384. The van der Waals surface area contributed by atoms with E-state index in [2.05, 4.69) is 10.6 Å². The highest BCUT2D eigenvalue weighted by Crippen LogP contribution is 2.15. The number of hydrogen-bond acceptors (Lipinski definition) is 4. The van der Waals surface area contributed by atoms with Gasteiger partial charge in [-0.25, -0.2) is 4.79 Å². The van der Waals surface area contributed by atoms with Crippen LogP contribution in [0.1, 0.15) is 6.42 Å². The van der Waals surface area contributed by atoms with E-state index < -0.39 is 4.92 Å². The number of nitro benzene ring substituents is 1. The molecular formula is C12H15N3O4. The van der Waals surface area contributed by atoms with Gasteiger partial charge in [-0.3, -0.25) is 10.1 Å². The van der Waals surface area contributed by atoms with Gasteiger partial charge in [0.15, 0.2) is 0 Å². The minimum atomic E-state index is -0.482. The number of ether oxygens (including phenoxy) is 1. The quantitative estimate of drug-likeness (QED) is 0.640. The van der Waals surface area contributed by atoms with Gasteiger partial charge in [-0.1, -0.05) is 0 Å². The Morgan fingerprint density at radius 1 is 1.42 bits per heavy atom. The number of nitrogens with one attached hydrogen (secondary N) is 2. The summed E-state index contributed by atoms with van der Waals surface area (Å²) in [6.45, 7) is 1.99. The van der Waals surface area contributed by atoms with E-state index in [0.29, 0.717) is 24.8 Å². The normalized spacial score (nSPS) is 18.0. The average molecular weight is 265 g/mol. The number of nitro groups is 1. The molecule has 7 nitrogen and oxygen atoms in total. The molecule has 1 saturated heterocycles. The van der Waals surface area contributed by atoms with Crippen molar-refractivity contribution in [2.24, 2.45) is 5.92 Å². The molecule has 0 saturated carbocycles. The minimum Gasteiger partial charge on any atom is -0.381 e. The lowest BCUT2D eigenvalue weighted by atomic mass is 10.1. The van der Waals surface area contributed by atoms with Crippen molar-refractivity contribution in [1.29, 1.82) is 0 Å². The highest BCUT2D eigenvalue weighted by molar-refractivity contribution is 5.89. The van der Waals surface area contributed by atoms with Gasteiger partial charge < -0.3 is 15.4 Å². The molecule has 0 radical (unpaired) electrons. The molecule has 1 aliphatic heterocycles. The van der Waals surface area contributed by atoms with Crippen molar-refractivity contribution in [3.05, 3.63) is 34.4 Å². The van der Waals surface area contributed by atoms with Crippen LogP contribution in [0.15, 0.2) is 24.3 Å². The lowest BCUT2D eigenvalue weighted by Crippen LogP contribution is -2.33. The van der Waals surface area contributed by atoms with Gasteiger partial charge in [-0.15, -0.1) is 0 Å². The molecule has 0 spiro atoms. The molecule has 1 unspecified atom stereocenters. The summed E-state index contributed by atoms with van der Waals surface area (Å²) in [5, 5.41) is 15.8. The molecule has 102 valence electrons. The van der Waals surface area contributed by atoms with Gasteiger partial charge >= 0.3 is 6.03 Å². The van der Waals surface area contributed by atoms with E-state index in [9.17, 15) is 14.9 Å². The number of urea groups is 1. The van der Waals surface area contributed by atoms with Gasteiger partial charge in [0, 0.05) is 36.9 Å². The van der Waals surface area contributed by atoms with E-state index in [1.807, 2.05) is 0 Å². The van der Waals surface area contributed by atoms with Crippen molar-refractivity contribution in [1.82, 2.24) is 5.32 Å². The van der Waals surface area contributed by atoms with E-state index in [1.165, 1.54) is 24.3 Å². The number of rotatable bonds is 4. The fourth-order valence-electron chi connectivity index (χ4n) is 1.82. The Morgan fingerprint density at radius 3 is 2.74 bits per heavy atom. The molecule has 1 heterocycles. The van der Waals surface area contributed by atoms with Crippen LogP contribution < -0.4 is 10.6 Å². The monoisotopic (exact) mass is 265 g/mol. The standard InChI is InChI=1S/C12H15N3O4/c16-12(13-7-9-5-6-19-8-9)14-10-1-3-11(4-2-10)15(17)18/h1-4,9H,5-8H2,(H2,13,14,16). The maximum atomic E-state index is 11.6. The van der Waals surface area contributed by atoms with Crippen molar-refractivity contribution >= 4 is 17.4 Å². The third-order valence-corrected chi connectivity index (χ3v) is 2.91. The van der Waals surface area contributed by atoms with Crippen molar-refractivity contribution in [3.8, 4) is 0 Å². The van der Waals surface area contributed by atoms with Gasteiger partial charge in [-0.2, -0.15) is 0 Å². The van der Waals surface area contributed by atoms with Gasteiger partial charge in [0.2, 0.25) is 0 Å². The van der Waals surface area contributed by atoms with Crippen LogP contribution in [0.4, 0.5) is 16.2 Å². The largest absolute Gasteiger partial charge is 0.381 e. The number of non-ortho nitro benzene ring substituents is 1. The Hall–Kier alpha value is -2.15. The summed E-state index contributed by atoms with van der Waals surface area (Å²) < 4.78 is 5.21. The van der Waals surface area contributed by atoms with Crippen LogP contribution in [0.5, 0.6) is 0 Å². The SMILES string of the molecule is O=C(NCC1CCOC1)Nc1ccc([N+](=O)[O-])cc1. The molecule has 0 aromatic heterocycles. The van der Waals surface area contributed by atoms with Gasteiger partial charge in [0.05, 0.1) is 11.5 Å². The number of anilines is 1. The van der Waals surface area contributed by atoms with Crippen molar-refractivity contribution in [3.63, 3.8) is 0 Å². The molecule has 1 aromatic rings. The minimum absolute atomic E-state index is 0.00550. The third kappa shape index (κ3) is 3.92. The Labute approximate surface area is 110 Å². The van der Waals surface area contributed by atoms with Crippen LogP contribution in [0.3, 0.4) is 0 Å². The summed E-state index contributed by atoms with van der Waals surface area (Å²) in [5.74, 6) is 0.364. The number of carbonyl (C=O) groups excluding carboxylic acids is 1. The predicted molar refractivity (Wildman–Crippen MR) is 69.0 cm³/mol. The number of carbonyl (C=O) groups is 1. The Morgan fingerprint density at radius 2 is 2.16 bits per heavy atom. The number of benzene rings is 1. The highest BCUT2D eigenvalue weighted by Gasteiger charge is 2.16. The second-order valence-corrected chi connectivity index (χ2v) is 4.37. The van der Waals surface area contributed by atoms with Crippen molar-refractivity contribution < 1.29 is 14.5 Å². The lowest BCUT2D eigenvalue weighted by Gasteiger charge is -2.10. The number of amides is 2. The summed E-state index contributed by atoms with van der Waals surface area (Å²) >= 11 is 0. The van der Waals surface area contributed by atoms with Gasteiger partial charge in [0.1, 0.15) is 0 Å². The van der Waals surface area contributed by atoms with Crippen LogP contribution in [0.25, 0.3) is 0 Å². The molecule has 1 aromatic carbocycles. The maximum absolute atomic E-state index is 11.6. The van der Waals surface area contributed by atoms with E-state index in [0.717, 1.165) is 13.0 Å². The van der Waals surface area contributed by atoms with E-state index in [4.69, 9.17) is 4.74 Å². The number of hydrogen-bond donors (Lipinski definition) is 2. The molecule has 19 heavy (non-hydrogen) atoms. The van der Waals surface area contributed by atoms with E-state index in [-0.39, 0.29) is 11.7 Å². The van der Waals surface area contributed by atoms with Crippen LogP contribution in [0.2, 0.25) is 0 Å². The Balaban J connectivity index is 1.79. The van der Waals surface area contributed by atoms with Gasteiger partial charge in [0.25, 0.3) is 5.69 Å². The maximum Gasteiger partial charge on any atom is 0.319 e. The van der Waals surface area contributed by atoms with Crippen LogP contribution >= 0.6 is 0 Å². The van der Waals surface area contributed by atoms with Crippen LogP contribution in [-0.4, -0.2) is 30.7 Å². The zero-order chi connectivity index (χ0) is 13.7. The van der Waals surface area contributed by atoms with Crippen LogP contribution in [-0.2, 0) is 4.74 Å². The zero-order valence-electron chi connectivity index (χ0n) is 10.3. The van der Waals surface area contributed by atoms with E-state index >= 15 is 0 Å². The molecule has 2 N–H and O–H groups in total. The van der Waals surface area contributed by atoms with Crippen molar-refractivity contribution in [2.75, 3.05) is 25.1 Å². The average Bonchev–Trinajstić information content (AvgIpc) is 2.90. The molecule has 2 amide bonds. The topological polar surface area (TPSA) is 93.5 Å².